The highest BCUT2D eigenvalue weighted by molar-refractivity contribution is 5.38. The zero-order chi connectivity index (χ0) is 10.4. The van der Waals surface area contributed by atoms with Gasteiger partial charge in [-0.2, -0.15) is 0 Å². The van der Waals surface area contributed by atoms with Crippen molar-refractivity contribution in [1.29, 1.82) is 0 Å². The van der Waals surface area contributed by atoms with E-state index in [1.807, 2.05) is 18.2 Å². The first-order valence-corrected chi connectivity index (χ1v) is 5.22. The monoisotopic (exact) mass is 193 g/mol. The van der Waals surface area contributed by atoms with Gasteiger partial charge in [0.25, 0.3) is 0 Å². The topological polar surface area (TPSA) is 42.1 Å². The van der Waals surface area contributed by atoms with Crippen molar-refractivity contribution in [3.05, 3.63) is 23.9 Å². The van der Waals surface area contributed by atoms with Gasteiger partial charge in [-0.3, -0.25) is 0 Å². The summed E-state index contributed by atoms with van der Waals surface area (Å²) in [5.74, 6) is 1.04. The first kappa shape index (κ1) is 11.0. The first-order valence-electron chi connectivity index (χ1n) is 5.22. The maximum atomic E-state index is 5.55. The molecule has 0 aliphatic carbocycles. The zero-order valence-electron chi connectivity index (χ0n) is 9.03. The fourth-order valence-electron chi connectivity index (χ4n) is 1.46. The fraction of sp³-hybridized carbons (Fsp3) is 0.545. The minimum atomic E-state index is 0.511. The lowest BCUT2D eigenvalue weighted by atomic mass is 10.3. The Hall–Kier alpha value is -1.09. The van der Waals surface area contributed by atoms with Crippen LogP contribution in [0.2, 0.25) is 0 Å². The summed E-state index contributed by atoms with van der Waals surface area (Å²) < 4.78 is 0. The highest BCUT2D eigenvalue weighted by Crippen LogP contribution is 2.11. The molecule has 0 aliphatic rings. The average Bonchev–Trinajstić information content (AvgIpc) is 2.26. The van der Waals surface area contributed by atoms with Crippen molar-refractivity contribution in [2.24, 2.45) is 5.73 Å². The van der Waals surface area contributed by atoms with Crippen LogP contribution in [-0.2, 0) is 6.54 Å². The minimum absolute atomic E-state index is 0.511. The van der Waals surface area contributed by atoms with Gasteiger partial charge in [0.2, 0.25) is 0 Å². The summed E-state index contributed by atoms with van der Waals surface area (Å²) in [6.45, 7) is 6.88. The van der Waals surface area contributed by atoms with Gasteiger partial charge >= 0.3 is 0 Å². The van der Waals surface area contributed by atoms with E-state index in [1.54, 1.807) is 0 Å². The number of aromatic nitrogens is 1. The van der Waals surface area contributed by atoms with E-state index in [9.17, 15) is 0 Å². The third kappa shape index (κ3) is 2.70. The van der Waals surface area contributed by atoms with Gasteiger partial charge in [0.15, 0.2) is 0 Å². The molecule has 0 saturated heterocycles. The zero-order valence-corrected chi connectivity index (χ0v) is 9.03. The number of pyridine rings is 1. The maximum absolute atomic E-state index is 5.55. The highest BCUT2D eigenvalue weighted by atomic mass is 15.2. The van der Waals surface area contributed by atoms with E-state index in [1.165, 1.54) is 0 Å². The van der Waals surface area contributed by atoms with Gasteiger partial charge in [0, 0.05) is 19.6 Å². The Balaban J connectivity index is 2.80. The number of hydrogen-bond acceptors (Lipinski definition) is 3. The predicted octanol–water partition coefficient (Wildman–Crippen LogP) is 1.78. The molecular weight excluding hydrogens is 174 g/mol. The molecule has 0 fully saturated rings. The van der Waals surface area contributed by atoms with Crippen molar-refractivity contribution in [3.8, 4) is 0 Å². The molecule has 0 bridgehead atoms. The van der Waals surface area contributed by atoms with Crippen LogP contribution in [0.5, 0.6) is 0 Å². The molecule has 0 amide bonds. The van der Waals surface area contributed by atoms with Gasteiger partial charge in [-0.1, -0.05) is 13.0 Å². The minimum Gasteiger partial charge on any atom is -0.357 e. The molecule has 1 heterocycles. The van der Waals surface area contributed by atoms with Crippen LogP contribution in [0.3, 0.4) is 0 Å². The van der Waals surface area contributed by atoms with Gasteiger partial charge in [0.1, 0.15) is 5.82 Å². The second-order valence-corrected chi connectivity index (χ2v) is 3.27. The molecule has 78 valence electrons. The molecule has 0 unspecified atom stereocenters. The Kier molecular flexibility index (Phi) is 4.40. The number of nitrogens with two attached hydrogens (primary N) is 1. The van der Waals surface area contributed by atoms with Crippen molar-refractivity contribution in [2.45, 2.75) is 26.8 Å². The van der Waals surface area contributed by atoms with Crippen molar-refractivity contribution in [2.75, 3.05) is 18.0 Å². The highest BCUT2D eigenvalue weighted by Gasteiger charge is 2.04. The largest absolute Gasteiger partial charge is 0.357 e. The molecule has 1 aromatic rings. The van der Waals surface area contributed by atoms with Gasteiger partial charge < -0.3 is 10.6 Å². The van der Waals surface area contributed by atoms with Crippen LogP contribution in [0.1, 0.15) is 26.0 Å². The normalized spacial score (nSPS) is 10.2. The predicted molar refractivity (Wildman–Crippen MR) is 60.3 cm³/mol. The summed E-state index contributed by atoms with van der Waals surface area (Å²) in [7, 11) is 0. The van der Waals surface area contributed by atoms with Crippen LogP contribution in [-0.4, -0.2) is 18.1 Å². The van der Waals surface area contributed by atoms with Crippen molar-refractivity contribution in [1.82, 2.24) is 4.98 Å². The van der Waals surface area contributed by atoms with Gasteiger partial charge in [-0.05, 0) is 25.5 Å². The quantitative estimate of drug-likeness (QED) is 0.775. The molecule has 3 nitrogen and oxygen atoms in total. The van der Waals surface area contributed by atoms with Crippen LogP contribution < -0.4 is 10.6 Å². The number of hydrogen-bond donors (Lipinski definition) is 1. The van der Waals surface area contributed by atoms with Crippen LogP contribution in [0.4, 0.5) is 5.82 Å². The molecule has 2 N–H and O–H groups in total. The molecule has 0 atom stereocenters. The molecule has 0 spiro atoms. The van der Waals surface area contributed by atoms with E-state index in [-0.39, 0.29) is 0 Å². The van der Waals surface area contributed by atoms with Crippen LogP contribution in [0.25, 0.3) is 0 Å². The van der Waals surface area contributed by atoms with E-state index < -0.39 is 0 Å². The summed E-state index contributed by atoms with van der Waals surface area (Å²) in [6, 6.07) is 6.02. The fourth-order valence-corrected chi connectivity index (χ4v) is 1.46. The molecule has 3 heteroatoms. The molecule has 0 aliphatic heterocycles. The Morgan fingerprint density at radius 2 is 2.14 bits per heavy atom. The smallest absolute Gasteiger partial charge is 0.128 e. The van der Waals surface area contributed by atoms with E-state index in [4.69, 9.17) is 5.73 Å². The van der Waals surface area contributed by atoms with E-state index >= 15 is 0 Å². The third-order valence-electron chi connectivity index (χ3n) is 2.20. The Bertz CT molecular complexity index is 273. The molecule has 1 aromatic heterocycles. The summed E-state index contributed by atoms with van der Waals surface area (Å²) in [5.41, 5.74) is 6.51. The average molecular weight is 193 g/mol. The summed E-state index contributed by atoms with van der Waals surface area (Å²) in [5, 5.41) is 0. The lowest BCUT2D eigenvalue weighted by Gasteiger charge is -2.21. The second-order valence-electron chi connectivity index (χ2n) is 3.27. The van der Waals surface area contributed by atoms with Crippen molar-refractivity contribution >= 4 is 5.82 Å². The lowest BCUT2D eigenvalue weighted by Crippen LogP contribution is -2.24. The standard InChI is InChI=1S/C11H19N3/c1-3-8-14(4-2)11-7-5-6-10(9-12)13-11/h5-7H,3-4,8-9,12H2,1-2H3. The van der Waals surface area contributed by atoms with Gasteiger partial charge in [0.05, 0.1) is 5.69 Å². The lowest BCUT2D eigenvalue weighted by molar-refractivity contribution is 0.773. The molecule has 0 saturated carbocycles. The summed E-state index contributed by atoms with van der Waals surface area (Å²) in [6.07, 6.45) is 1.14. The molecule has 14 heavy (non-hydrogen) atoms. The van der Waals surface area contributed by atoms with E-state index in [0.29, 0.717) is 6.54 Å². The molecular formula is C11H19N3. The van der Waals surface area contributed by atoms with Crippen LogP contribution in [0, 0.1) is 0 Å². The Morgan fingerprint density at radius 1 is 1.36 bits per heavy atom. The number of rotatable bonds is 5. The Morgan fingerprint density at radius 3 is 2.71 bits per heavy atom. The molecule has 0 radical (unpaired) electrons. The van der Waals surface area contributed by atoms with Crippen molar-refractivity contribution < 1.29 is 0 Å². The third-order valence-corrected chi connectivity index (χ3v) is 2.20. The summed E-state index contributed by atoms with van der Waals surface area (Å²) >= 11 is 0. The van der Waals surface area contributed by atoms with Crippen LogP contribution in [0.15, 0.2) is 18.2 Å². The van der Waals surface area contributed by atoms with E-state index in [2.05, 4.69) is 23.7 Å². The van der Waals surface area contributed by atoms with Gasteiger partial charge in [-0.25, -0.2) is 4.98 Å². The van der Waals surface area contributed by atoms with Crippen LogP contribution >= 0.6 is 0 Å². The second kappa shape index (κ2) is 5.60. The Labute approximate surface area is 85.9 Å². The molecule has 0 aromatic carbocycles. The SMILES string of the molecule is CCCN(CC)c1cccc(CN)n1. The maximum Gasteiger partial charge on any atom is 0.128 e. The van der Waals surface area contributed by atoms with Crippen molar-refractivity contribution in [3.63, 3.8) is 0 Å². The molecule has 1 rings (SSSR count). The number of anilines is 1. The number of nitrogens with zero attached hydrogens (tertiary/aromatic N) is 2. The van der Waals surface area contributed by atoms with E-state index in [0.717, 1.165) is 31.0 Å². The summed E-state index contributed by atoms with van der Waals surface area (Å²) in [4.78, 5) is 6.74. The van der Waals surface area contributed by atoms with Gasteiger partial charge in [-0.15, -0.1) is 0 Å². The first-order chi connectivity index (χ1) is 6.81.